The molecule has 4 rings (SSSR count). The van der Waals surface area contributed by atoms with Crippen LogP contribution in [-0.4, -0.2) is 44.8 Å². The van der Waals surface area contributed by atoms with E-state index < -0.39 is 10.1 Å². The third-order valence-electron chi connectivity index (χ3n) is 6.83. The van der Waals surface area contributed by atoms with Crippen LogP contribution in [0.3, 0.4) is 0 Å². The molecule has 1 atom stereocenters. The molecule has 0 bridgehead atoms. The first kappa shape index (κ1) is 29.1. The largest absolute Gasteiger partial charge is 0.493 e. The number of nitrogens with zero attached hydrogens (tertiary/aromatic N) is 2. The molecule has 1 fully saturated rings. The molecule has 0 radical (unpaired) electrons. The first-order chi connectivity index (χ1) is 18.8. The minimum absolute atomic E-state index is 0.0143. The van der Waals surface area contributed by atoms with E-state index in [4.69, 9.17) is 18.4 Å². The van der Waals surface area contributed by atoms with Gasteiger partial charge in [-0.2, -0.15) is 13.4 Å². The van der Waals surface area contributed by atoms with Crippen LogP contribution >= 0.6 is 0 Å². The number of methoxy groups -OCH3 is 1. The molecule has 2 aromatic carbocycles. The van der Waals surface area contributed by atoms with Crippen LogP contribution < -0.4 is 13.7 Å². The average Bonchev–Trinajstić information content (AvgIpc) is 3.41. The summed E-state index contributed by atoms with van der Waals surface area (Å²) in [6.07, 6.45) is 6.79. The molecular formula is C30H40N2O6S. The SMILES string of the molecule is CCCc1cc(CCC)c(S(=O)(=O)Oc2nc(C)nc3cc(OC)c(OCC4CCCO4)cc23)c(CCC)c1. The predicted octanol–water partition coefficient (Wildman–Crippen LogP) is 6.13. The van der Waals surface area contributed by atoms with Gasteiger partial charge in [0.05, 0.1) is 24.1 Å². The summed E-state index contributed by atoms with van der Waals surface area (Å²) in [6.45, 7) is 9.03. The number of rotatable bonds is 13. The van der Waals surface area contributed by atoms with E-state index in [2.05, 4.69) is 30.7 Å². The zero-order chi connectivity index (χ0) is 28.0. The van der Waals surface area contributed by atoms with Gasteiger partial charge in [-0.25, -0.2) is 4.98 Å². The minimum Gasteiger partial charge on any atom is -0.493 e. The van der Waals surface area contributed by atoms with E-state index in [9.17, 15) is 8.42 Å². The summed E-state index contributed by atoms with van der Waals surface area (Å²) in [5, 5.41) is 0.434. The Balaban J connectivity index is 1.78. The van der Waals surface area contributed by atoms with Crippen molar-refractivity contribution in [1.82, 2.24) is 9.97 Å². The molecule has 0 saturated carbocycles. The summed E-state index contributed by atoms with van der Waals surface area (Å²) in [5.41, 5.74) is 3.26. The van der Waals surface area contributed by atoms with Crippen molar-refractivity contribution in [3.05, 3.63) is 46.8 Å². The van der Waals surface area contributed by atoms with Gasteiger partial charge in [-0.15, -0.1) is 0 Å². The zero-order valence-corrected chi connectivity index (χ0v) is 24.5. The Morgan fingerprint density at radius 3 is 2.23 bits per heavy atom. The second-order valence-electron chi connectivity index (χ2n) is 10.1. The summed E-state index contributed by atoms with van der Waals surface area (Å²) >= 11 is 0. The lowest BCUT2D eigenvalue weighted by atomic mass is 9.97. The fraction of sp³-hybridized carbons (Fsp3) is 0.533. The van der Waals surface area contributed by atoms with E-state index in [1.54, 1.807) is 26.2 Å². The average molecular weight is 557 g/mol. The highest BCUT2D eigenvalue weighted by Crippen LogP contribution is 2.37. The Labute approximate surface area is 232 Å². The molecule has 0 spiro atoms. The summed E-state index contributed by atoms with van der Waals surface area (Å²) in [4.78, 5) is 9.18. The number of benzene rings is 2. The number of aromatic nitrogens is 2. The van der Waals surface area contributed by atoms with Crippen LogP contribution in [0.1, 0.15) is 75.4 Å². The fourth-order valence-electron chi connectivity index (χ4n) is 5.15. The van der Waals surface area contributed by atoms with E-state index in [0.717, 1.165) is 61.8 Å². The molecule has 0 aliphatic carbocycles. The Morgan fingerprint density at radius 1 is 0.949 bits per heavy atom. The molecule has 212 valence electrons. The first-order valence-corrected chi connectivity index (χ1v) is 15.4. The number of aryl methyl sites for hydroxylation is 4. The molecule has 9 heteroatoms. The van der Waals surface area contributed by atoms with Crippen molar-refractivity contribution in [1.29, 1.82) is 0 Å². The zero-order valence-electron chi connectivity index (χ0n) is 23.7. The van der Waals surface area contributed by atoms with Gasteiger partial charge in [0, 0.05) is 12.7 Å². The smallest absolute Gasteiger partial charge is 0.341 e. The monoisotopic (exact) mass is 556 g/mol. The van der Waals surface area contributed by atoms with Crippen molar-refractivity contribution in [2.24, 2.45) is 0 Å². The number of ether oxygens (including phenoxy) is 3. The van der Waals surface area contributed by atoms with Gasteiger partial charge < -0.3 is 18.4 Å². The van der Waals surface area contributed by atoms with Crippen LogP contribution in [0.2, 0.25) is 0 Å². The lowest BCUT2D eigenvalue weighted by Crippen LogP contribution is -2.17. The molecule has 2 heterocycles. The van der Waals surface area contributed by atoms with Gasteiger partial charge in [-0.3, -0.25) is 0 Å². The van der Waals surface area contributed by atoms with Crippen molar-refractivity contribution in [3.63, 3.8) is 0 Å². The summed E-state index contributed by atoms with van der Waals surface area (Å²) in [6, 6.07) is 7.46. The first-order valence-electron chi connectivity index (χ1n) is 14.0. The predicted molar refractivity (Wildman–Crippen MR) is 152 cm³/mol. The van der Waals surface area contributed by atoms with Crippen LogP contribution in [-0.2, 0) is 34.1 Å². The van der Waals surface area contributed by atoms with Gasteiger partial charge in [-0.1, -0.05) is 52.2 Å². The maximum atomic E-state index is 14.0. The second kappa shape index (κ2) is 13.0. The maximum Gasteiger partial charge on any atom is 0.341 e. The van der Waals surface area contributed by atoms with Crippen LogP contribution in [0.4, 0.5) is 0 Å². The second-order valence-corrected chi connectivity index (χ2v) is 11.6. The number of fused-ring (bicyclic) bond motifs is 1. The van der Waals surface area contributed by atoms with Crippen molar-refractivity contribution >= 4 is 21.0 Å². The summed E-state index contributed by atoms with van der Waals surface area (Å²) < 4.78 is 51.1. The highest BCUT2D eigenvalue weighted by Gasteiger charge is 2.28. The molecule has 1 aromatic heterocycles. The van der Waals surface area contributed by atoms with Crippen molar-refractivity contribution in [2.75, 3.05) is 20.3 Å². The molecule has 1 aliphatic heterocycles. The normalized spacial score (nSPS) is 15.6. The van der Waals surface area contributed by atoms with Gasteiger partial charge in [-0.05, 0) is 61.8 Å². The summed E-state index contributed by atoms with van der Waals surface area (Å²) in [5.74, 6) is 1.32. The topological polar surface area (TPSA) is 96.8 Å². The standard InChI is InChI=1S/C30H40N2O6S/c1-6-10-21-15-22(11-7-2)29(23(16-21)12-8-3)39(33,34)38-30-25-17-28(37-19-24-13-9-14-36-24)27(35-5)18-26(25)31-20(4)32-30/h15-18,24H,6-14,19H2,1-5H3. The minimum atomic E-state index is -4.20. The van der Waals surface area contributed by atoms with Crippen LogP contribution in [0, 0.1) is 6.92 Å². The molecular weight excluding hydrogens is 516 g/mol. The van der Waals surface area contributed by atoms with Crippen molar-refractivity contribution in [3.8, 4) is 17.4 Å². The third-order valence-corrected chi connectivity index (χ3v) is 8.23. The van der Waals surface area contributed by atoms with E-state index in [1.807, 2.05) is 12.1 Å². The van der Waals surface area contributed by atoms with E-state index in [1.165, 1.54) is 0 Å². The Kier molecular flexibility index (Phi) is 9.67. The number of hydrogen-bond acceptors (Lipinski definition) is 8. The Bertz CT molecular complexity index is 1370. The molecule has 3 aromatic rings. The quantitative estimate of drug-likeness (QED) is 0.232. The molecule has 8 nitrogen and oxygen atoms in total. The van der Waals surface area contributed by atoms with Crippen LogP contribution in [0.15, 0.2) is 29.2 Å². The van der Waals surface area contributed by atoms with Gasteiger partial charge in [0.15, 0.2) is 11.5 Å². The molecule has 1 aliphatic rings. The highest BCUT2D eigenvalue weighted by molar-refractivity contribution is 7.87. The lowest BCUT2D eigenvalue weighted by Gasteiger charge is -2.18. The lowest BCUT2D eigenvalue weighted by molar-refractivity contribution is 0.0670. The van der Waals surface area contributed by atoms with E-state index >= 15 is 0 Å². The van der Waals surface area contributed by atoms with Gasteiger partial charge in [0.2, 0.25) is 5.88 Å². The van der Waals surface area contributed by atoms with Crippen LogP contribution in [0.5, 0.6) is 17.4 Å². The maximum absolute atomic E-state index is 14.0. The molecule has 39 heavy (non-hydrogen) atoms. The van der Waals surface area contributed by atoms with E-state index in [0.29, 0.717) is 47.7 Å². The number of hydrogen-bond donors (Lipinski definition) is 0. The van der Waals surface area contributed by atoms with Crippen molar-refractivity contribution < 1.29 is 26.8 Å². The highest BCUT2D eigenvalue weighted by atomic mass is 32.2. The van der Waals surface area contributed by atoms with Gasteiger partial charge >= 0.3 is 10.1 Å². The third kappa shape index (κ3) is 6.81. The Morgan fingerprint density at radius 2 is 1.64 bits per heavy atom. The molecule has 1 saturated heterocycles. The molecule has 1 unspecified atom stereocenters. The van der Waals surface area contributed by atoms with Gasteiger partial charge in [0.25, 0.3) is 0 Å². The fourth-order valence-corrected chi connectivity index (χ4v) is 6.53. The van der Waals surface area contributed by atoms with E-state index in [-0.39, 0.29) is 16.9 Å². The van der Waals surface area contributed by atoms with Crippen molar-refractivity contribution in [2.45, 2.75) is 90.1 Å². The van der Waals surface area contributed by atoms with Gasteiger partial charge in [0.1, 0.15) is 17.3 Å². The van der Waals surface area contributed by atoms with Crippen LogP contribution in [0.25, 0.3) is 10.9 Å². The Hall–Kier alpha value is -2.91. The molecule has 0 amide bonds. The molecule has 0 N–H and O–H groups in total. The summed E-state index contributed by atoms with van der Waals surface area (Å²) in [7, 11) is -2.64.